The Morgan fingerprint density at radius 2 is 2.16 bits per heavy atom. The van der Waals surface area contributed by atoms with Gasteiger partial charge in [-0.3, -0.25) is 9.89 Å². The van der Waals surface area contributed by atoms with Crippen molar-refractivity contribution in [3.63, 3.8) is 0 Å². The van der Waals surface area contributed by atoms with Crippen LogP contribution in [0.4, 0.5) is 11.6 Å². The predicted octanol–water partition coefficient (Wildman–Crippen LogP) is 4.75. The average molecular weight is 437 g/mol. The maximum absolute atomic E-state index is 12.5. The minimum Gasteiger partial charge on any atom is -0.496 e. The van der Waals surface area contributed by atoms with E-state index in [1.165, 1.54) is 0 Å². The number of H-pyrrole nitrogens is 1. The number of aromatic amines is 1. The Hall–Kier alpha value is -3.39. The van der Waals surface area contributed by atoms with Gasteiger partial charge < -0.3 is 10.1 Å². The third kappa shape index (κ3) is 3.74. The zero-order chi connectivity index (χ0) is 21.5. The van der Waals surface area contributed by atoms with Gasteiger partial charge in [-0.15, -0.1) is 5.10 Å². The zero-order valence-electron chi connectivity index (χ0n) is 17.1. The molecule has 2 aromatic carbocycles. The van der Waals surface area contributed by atoms with E-state index in [1.54, 1.807) is 31.1 Å². The van der Waals surface area contributed by atoms with Crippen LogP contribution < -0.4 is 10.1 Å². The van der Waals surface area contributed by atoms with Gasteiger partial charge in [0.15, 0.2) is 11.6 Å². The molecule has 1 saturated carbocycles. The Labute approximate surface area is 183 Å². The van der Waals surface area contributed by atoms with Crippen LogP contribution in [0.5, 0.6) is 5.75 Å². The number of aryl methyl sites for hydroxylation is 1. The lowest BCUT2D eigenvalue weighted by Gasteiger charge is -2.08. The van der Waals surface area contributed by atoms with Crippen molar-refractivity contribution in [3.05, 3.63) is 47.1 Å². The van der Waals surface area contributed by atoms with Crippen LogP contribution in [0.2, 0.25) is 5.02 Å². The lowest BCUT2D eigenvalue weighted by molar-refractivity contribution is 0.0973. The molecule has 0 radical (unpaired) electrons. The largest absolute Gasteiger partial charge is 0.496 e. The number of halogens is 1. The van der Waals surface area contributed by atoms with Crippen molar-refractivity contribution in [2.75, 3.05) is 12.4 Å². The van der Waals surface area contributed by atoms with Gasteiger partial charge >= 0.3 is 0 Å². The molecule has 0 spiro atoms. The molecule has 2 heterocycles. The van der Waals surface area contributed by atoms with Crippen molar-refractivity contribution in [1.29, 1.82) is 0 Å². The molecule has 5 rings (SSSR count). The van der Waals surface area contributed by atoms with Crippen LogP contribution in [0.3, 0.4) is 0 Å². The Morgan fingerprint density at radius 3 is 2.94 bits per heavy atom. The van der Waals surface area contributed by atoms with Gasteiger partial charge in [0.05, 0.1) is 35.1 Å². The molecule has 158 valence electrons. The smallest absolute Gasteiger partial charge is 0.225 e. The van der Waals surface area contributed by atoms with Crippen LogP contribution in [0.15, 0.2) is 36.5 Å². The number of Topliss-reactive ketones (excluding diaryl/α,β-unsaturated/α-hetero) is 1. The molecule has 8 nitrogen and oxygen atoms in total. The third-order valence-electron chi connectivity index (χ3n) is 5.50. The maximum atomic E-state index is 12.5. The van der Waals surface area contributed by atoms with Crippen molar-refractivity contribution < 1.29 is 9.53 Å². The number of benzene rings is 2. The normalized spacial score (nSPS) is 13.5. The number of nitrogens with one attached hydrogen (secondary N) is 2. The lowest BCUT2D eigenvalue weighted by Crippen LogP contribution is -2.03. The predicted molar refractivity (Wildman–Crippen MR) is 119 cm³/mol. The van der Waals surface area contributed by atoms with Gasteiger partial charge in [-0.1, -0.05) is 17.7 Å². The Morgan fingerprint density at radius 1 is 1.32 bits per heavy atom. The van der Waals surface area contributed by atoms with Gasteiger partial charge in [-0.25, -0.2) is 4.68 Å². The molecular formula is C22H21ClN6O2. The first-order valence-electron chi connectivity index (χ1n) is 10.0. The van der Waals surface area contributed by atoms with E-state index in [0.717, 1.165) is 29.3 Å². The van der Waals surface area contributed by atoms with Gasteiger partial charge in [0.25, 0.3) is 0 Å². The number of carbonyl (C=O) groups is 1. The summed E-state index contributed by atoms with van der Waals surface area (Å²) in [6.45, 7) is 0. The topological polar surface area (TPSA) is 97.7 Å². The lowest BCUT2D eigenvalue weighted by atomic mass is 10.0. The van der Waals surface area contributed by atoms with Gasteiger partial charge in [0.2, 0.25) is 5.95 Å². The van der Waals surface area contributed by atoms with Gasteiger partial charge in [0, 0.05) is 24.4 Å². The van der Waals surface area contributed by atoms with E-state index in [-0.39, 0.29) is 5.78 Å². The molecule has 1 aliphatic carbocycles. The van der Waals surface area contributed by atoms with Crippen LogP contribution >= 0.6 is 11.6 Å². The molecule has 0 amide bonds. The molecule has 31 heavy (non-hydrogen) atoms. The molecule has 0 atom stereocenters. The Balaban J connectivity index is 1.43. The summed E-state index contributed by atoms with van der Waals surface area (Å²) in [5.41, 5.74) is 2.93. The minimum absolute atomic E-state index is 0.117. The van der Waals surface area contributed by atoms with E-state index in [4.69, 9.17) is 16.3 Å². The maximum Gasteiger partial charge on any atom is 0.225 e. The van der Waals surface area contributed by atoms with Gasteiger partial charge in [-0.05, 0) is 43.0 Å². The van der Waals surface area contributed by atoms with E-state index in [1.807, 2.05) is 24.3 Å². The highest BCUT2D eigenvalue weighted by molar-refractivity contribution is 6.38. The van der Waals surface area contributed by atoms with Crippen molar-refractivity contribution >= 4 is 39.9 Å². The number of rotatable bonds is 7. The summed E-state index contributed by atoms with van der Waals surface area (Å²) in [6, 6.07) is 9.22. The number of hydrogen-bond acceptors (Lipinski definition) is 6. The molecule has 0 bridgehead atoms. The van der Waals surface area contributed by atoms with Crippen LogP contribution in [-0.2, 0) is 7.05 Å². The number of methoxy groups -OCH3 is 1. The quantitative estimate of drug-likeness (QED) is 0.406. The van der Waals surface area contributed by atoms with Crippen LogP contribution in [0.25, 0.3) is 22.3 Å². The fraction of sp³-hybridized carbons (Fsp3) is 0.273. The highest BCUT2D eigenvalue weighted by atomic mass is 35.5. The molecular weight excluding hydrogens is 416 g/mol. The molecule has 0 unspecified atom stereocenters. The second-order valence-electron chi connectivity index (χ2n) is 7.75. The first-order chi connectivity index (χ1) is 15.0. The van der Waals surface area contributed by atoms with Crippen molar-refractivity contribution in [3.8, 4) is 17.1 Å². The monoisotopic (exact) mass is 436 g/mol. The number of ether oxygens (including phenoxy) is 1. The Kier molecular flexibility index (Phi) is 4.86. The summed E-state index contributed by atoms with van der Waals surface area (Å²) < 4.78 is 7.13. The number of hydrogen-bond donors (Lipinski definition) is 2. The van der Waals surface area contributed by atoms with E-state index in [9.17, 15) is 4.79 Å². The third-order valence-corrected chi connectivity index (χ3v) is 5.91. The van der Waals surface area contributed by atoms with Crippen LogP contribution in [0, 0.1) is 5.92 Å². The molecule has 1 aliphatic rings. The molecule has 4 aromatic rings. The number of ketones is 1. The molecule has 0 aliphatic heterocycles. The number of anilines is 2. The van der Waals surface area contributed by atoms with Gasteiger partial charge in [0.1, 0.15) is 5.75 Å². The number of aromatic nitrogens is 5. The first kappa shape index (κ1) is 19.6. The second kappa shape index (κ2) is 7.70. The fourth-order valence-corrected chi connectivity index (χ4v) is 3.83. The molecule has 2 N–H and O–H groups in total. The van der Waals surface area contributed by atoms with E-state index in [0.29, 0.717) is 46.1 Å². The van der Waals surface area contributed by atoms with Crippen molar-refractivity contribution in [1.82, 2.24) is 25.0 Å². The summed E-state index contributed by atoms with van der Waals surface area (Å²) in [5.74, 6) is 2.23. The zero-order valence-corrected chi connectivity index (χ0v) is 17.9. The first-order valence-corrected chi connectivity index (χ1v) is 10.4. The second-order valence-corrected chi connectivity index (χ2v) is 8.13. The number of carbonyl (C=O) groups excluding carboxylic acids is 1. The number of fused-ring (bicyclic) bond motifs is 1. The van der Waals surface area contributed by atoms with Crippen molar-refractivity contribution in [2.24, 2.45) is 13.0 Å². The van der Waals surface area contributed by atoms with Crippen molar-refractivity contribution in [2.45, 2.75) is 19.3 Å². The molecule has 1 fully saturated rings. The molecule has 0 saturated heterocycles. The minimum atomic E-state index is 0.117. The SMILES string of the molecule is COc1cc(-c2nc(Nc3ccc4[nH]ncc4c3Cl)n(C)n2)ccc1C(=O)CC1CC1. The fourth-order valence-electron chi connectivity index (χ4n) is 3.57. The summed E-state index contributed by atoms with van der Waals surface area (Å²) in [4.78, 5) is 17.2. The summed E-state index contributed by atoms with van der Waals surface area (Å²) in [6.07, 6.45) is 4.53. The highest BCUT2D eigenvalue weighted by Gasteiger charge is 2.26. The molecule has 2 aromatic heterocycles. The van der Waals surface area contributed by atoms with E-state index in [2.05, 4.69) is 25.6 Å². The average Bonchev–Trinajstić information content (AvgIpc) is 3.31. The standard InChI is InChI=1S/C22H21ClN6O2/c1-29-22(25-17-8-7-16-15(20(17)23)11-24-27-16)26-21(28-29)13-5-6-14(19(10-13)31-2)18(30)9-12-3-4-12/h5-8,10-12H,3-4,9H2,1-2H3,(H,24,27)(H,25,26,28). The Bertz CT molecular complexity index is 1290. The molecule has 9 heteroatoms. The van der Waals surface area contributed by atoms with E-state index >= 15 is 0 Å². The summed E-state index contributed by atoms with van der Waals surface area (Å²) >= 11 is 6.51. The summed E-state index contributed by atoms with van der Waals surface area (Å²) in [7, 11) is 3.37. The highest BCUT2D eigenvalue weighted by Crippen LogP contribution is 2.36. The van der Waals surface area contributed by atoms with Crippen LogP contribution in [0.1, 0.15) is 29.6 Å². The van der Waals surface area contributed by atoms with Gasteiger partial charge in [-0.2, -0.15) is 10.1 Å². The summed E-state index contributed by atoms with van der Waals surface area (Å²) in [5, 5.41) is 16.0. The number of nitrogens with zero attached hydrogens (tertiary/aromatic N) is 4. The van der Waals surface area contributed by atoms with Crippen LogP contribution in [-0.4, -0.2) is 37.9 Å². The van der Waals surface area contributed by atoms with E-state index < -0.39 is 0 Å².